The minimum atomic E-state index is -1.39. The topological polar surface area (TPSA) is 34.9 Å². The number of carbonyl (C=O) groups is 1. The summed E-state index contributed by atoms with van der Waals surface area (Å²) >= 11 is 0. The average molecular weight is 210 g/mol. The smallest absolute Gasteiger partial charge is 0.170 e. The number of hydrogen-bond acceptors (Lipinski definition) is 2. The van der Waals surface area contributed by atoms with Crippen molar-refractivity contribution in [3.63, 3.8) is 0 Å². The number of aryl methyl sites for hydroxylation is 1. The monoisotopic (exact) mass is 210 g/mol. The van der Waals surface area contributed by atoms with Gasteiger partial charge in [-0.05, 0) is 33.1 Å². The van der Waals surface area contributed by atoms with Gasteiger partial charge in [0.05, 0.1) is 0 Å². The van der Waals surface area contributed by atoms with Crippen molar-refractivity contribution in [1.29, 1.82) is 0 Å². The van der Waals surface area contributed by atoms with Gasteiger partial charge >= 0.3 is 0 Å². The number of halogens is 1. The van der Waals surface area contributed by atoms with E-state index in [9.17, 15) is 9.18 Å². The number of nitrogens with zero attached hydrogens (tertiary/aromatic N) is 2. The molecule has 0 spiro atoms. The molecule has 1 atom stereocenters. The summed E-state index contributed by atoms with van der Waals surface area (Å²) in [5, 5.41) is 4.13. The Balaban J connectivity index is 2.63. The summed E-state index contributed by atoms with van der Waals surface area (Å²) < 4.78 is 16.0. The van der Waals surface area contributed by atoms with Gasteiger partial charge in [-0.15, -0.1) is 0 Å². The Bertz CT molecular complexity index is 396. The minimum Gasteiger partial charge on any atom is -0.296 e. The first-order chi connectivity index (χ1) is 7.10. The van der Waals surface area contributed by atoms with Crippen LogP contribution in [0.5, 0.6) is 0 Å². The molecular formula is C11H15FN2O. The summed E-state index contributed by atoms with van der Waals surface area (Å²) in [4.78, 5) is 10.9. The average Bonchev–Trinajstić information content (AvgIpc) is 2.57. The van der Waals surface area contributed by atoms with Gasteiger partial charge in [-0.2, -0.15) is 5.10 Å². The molecule has 4 heteroatoms. The fraction of sp³-hybridized carbons (Fsp3) is 0.636. The van der Waals surface area contributed by atoms with Crippen LogP contribution in [0, 0.1) is 0 Å². The number of aromatic nitrogens is 2. The lowest BCUT2D eigenvalue weighted by molar-refractivity contribution is 0.110. The summed E-state index contributed by atoms with van der Waals surface area (Å²) in [6.07, 6.45) is 2.79. The fourth-order valence-corrected chi connectivity index (χ4v) is 2.40. The van der Waals surface area contributed by atoms with Crippen LogP contribution in [0.4, 0.5) is 4.39 Å². The van der Waals surface area contributed by atoms with Crippen molar-refractivity contribution < 1.29 is 9.18 Å². The van der Waals surface area contributed by atoms with Crippen LogP contribution in [0.1, 0.15) is 48.4 Å². The van der Waals surface area contributed by atoms with Crippen molar-refractivity contribution in [1.82, 2.24) is 9.78 Å². The lowest BCUT2D eigenvalue weighted by atomic mass is 9.84. The highest BCUT2D eigenvalue weighted by Gasteiger charge is 2.37. The summed E-state index contributed by atoms with van der Waals surface area (Å²) in [7, 11) is 0. The zero-order valence-corrected chi connectivity index (χ0v) is 9.09. The Kier molecular flexibility index (Phi) is 2.37. The summed E-state index contributed by atoms with van der Waals surface area (Å²) in [6.45, 7) is 4.18. The third kappa shape index (κ3) is 1.48. The molecule has 1 aliphatic rings. The molecule has 82 valence electrons. The molecule has 0 bridgehead atoms. The van der Waals surface area contributed by atoms with Gasteiger partial charge in [0, 0.05) is 17.8 Å². The molecule has 0 aliphatic heterocycles. The first-order valence-corrected chi connectivity index (χ1v) is 5.34. The Morgan fingerprint density at radius 1 is 1.67 bits per heavy atom. The van der Waals surface area contributed by atoms with Crippen LogP contribution < -0.4 is 0 Å². The van der Waals surface area contributed by atoms with Crippen molar-refractivity contribution in [3.05, 3.63) is 17.0 Å². The highest BCUT2D eigenvalue weighted by molar-refractivity contribution is 5.75. The third-order valence-electron chi connectivity index (χ3n) is 3.08. The van der Waals surface area contributed by atoms with Crippen LogP contribution in [0.25, 0.3) is 0 Å². The van der Waals surface area contributed by atoms with E-state index in [2.05, 4.69) is 5.10 Å². The van der Waals surface area contributed by atoms with Crippen LogP contribution in [-0.2, 0) is 18.6 Å². The largest absolute Gasteiger partial charge is 0.296 e. The molecular weight excluding hydrogens is 195 g/mol. The van der Waals surface area contributed by atoms with Crippen LogP contribution in [0.2, 0.25) is 0 Å². The van der Waals surface area contributed by atoms with Crippen LogP contribution in [0.15, 0.2) is 0 Å². The maximum Gasteiger partial charge on any atom is 0.170 e. The molecule has 0 radical (unpaired) electrons. The highest BCUT2D eigenvalue weighted by atomic mass is 19.1. The van der Waals surface area contributed by atoms with Crippen molar-refractivity contribution in [3.8, 4) is 0 Å². The highest BCUT2D eigenvalue weighted by Crippen LogP contribution is 2.39. The molecule has 1 heterocycles. The van der Waals surface area contributed by atoms with E-state index in [1.54, 1.807) is 11.6 Å². The molecule has 0 N–H and O–H groups in total. The fourth-order valence-electron chi connectivity index (χ4n) is 2.40. The summed E-state index contributed by atoms with van der Waals surface area (Å²) in [5.41, 5.74) is 0.301. The molecule has 0 aromatic carbocycles. The molecule has 1 unspecified atom stereocenters. The first kappa shape index (κ1) is 10.3. The predicted molar refractivity (Wildman–Crippen MR) is 54.7 cm³/mol. The molecule has 1 aliphatic carbocycles. The number of alkyl halides is 1. The van der Waals surface area contributed by atoms with Crippen LogP contribution in [0.3, 0.4) is 0 Å². The maximum absolute atomic E-state index is 14.2. The molecule has 0 saturated carbocycles. The Morgan fingerprint density at radius 2 is 2.40 bits per heavy atom. The van der Waals surface area contributed by atoms with Gasteiger partial charge in [0.1, 0.15) is 11.4 Å². The molecule has 0 amide bonds. The van der Waals surface area contributed by atoms with Gasteiger partial charge in [-0.3, -0.25) is 9.48 Å². The molecule has 1 aromatic heterocycles. The Hall–Kier alpha value is -1.19. The second kappa shape index (κ2) is 3.43. The lowest BCUT2D eigenvalue weighted by Gasteiger charge is -2.26. The van der Waals surface area contributed by atoms with E-state index in [0.717, 1.165) is 18.5 Å². The molecule has 0 saturated heterocycles. The quantitative estimate of drug-likeness (QED) is 0.701. The van der Waals surface area contributed by atoms with Crippen LogP contribution in [-0.4, -0.2) is 16.1 Å². The predicted octanol–water partition coefficient (Wildman–Crippen LogP) is 2.24. The lowest BCUT2D eigenvalue weighted by Crippen LogP contribution is -2.23. The van der Waals surface area contributed by atoms with E-state index in [4.69, 9.17) is 0 Å². The van der Waals surface area contributed by atoms with Gasteiger partial charge in [-0.1, -0.05) is 0 Å². The van der Waals surface area contributed by atoms with Crippen molar-refractivity contribution in [2.45, 2.75) is 45.3 Å². The molecule has 1 aromatic rings. The van der Waals surface area contributed by atoms with Gasteiger partial charge in [-0.25, -0.2) is 4.39 Å². The van der Waals surface area contributed by atoms with Gasteiger partial charge in [0.15, 0.2) is 6.29 Å². The number of rotatable bonds is 2. The minimum absolute atomic E-state index is 0.275. The van der Waals surface area contributed by atoms with E-state index in [0.29, 0.717) is 24.8 Å². The second-order valence-corrected chi connectivity index (χ2v) is 4.19. The van der Waals surface area contributed by atoms with E-state index in [1.165, 1.54) is 0 Å². The maximum atomic E-state index is 14.2. The van der Waals surface area contributed by atoms with Crippen LogP contribution >= 0.6 is 0 Å². The van der Waals surface area contributed by atoms with Gasteiger partial charge in [0.2, 0.25) is 0 Å². The van der Waals surface area contributed by atoms with Crippen molar-refractivity contribution in [2.24, 2.45) is 0 Å². The second-order valence-electron chi connectivity index (χ2n) is 4.19. The van der Waals surface area contributed by atoms with E-state index < -0.39 is 5.67 Å². The molecule has 15 heavy (non-hydrogen) atoms. The molecule has 3 nitrogen and oxygen atoms in total. The third-order valence-corrected chi connectivity index (χ3v) is 3.08. The molecule has 2 rings (SSSR count). The Labute approximate surface area is 88.3 Å². The number of carbonyl (C=O) groups excluding carboxylic acids is 1. The van der Waals surface area contributed by atoms with Crippen molar-refractivity contribution in [2.75, 3.05) is 0 Å². The van der Waals surface area contributed by atoms with Gasteiger partial charge < -0.3 is 0 Å². The standard InChI is InChI=1S/C11H15FN2O/c1-3-14-9-5-4-6-11(2,12)10(9)8(7-15)13-14/h7H,3-6H2,1-2H3. The SMILES string of the molecule is CCn1nc(C=O)c2c1CCCC2(C)F. The number of hydrogen-bond donors (Lipinski definition) is 0. The van der Waals surface area contributed by atoms with Crippen molar-refractivity contribution >= 4 is 6.29 Å². The zero-order valence-electron chi connectivity index (χ0n) is 9.09. The zero-order chi connectivity index (χ0) is 11.1. The summed E-state index contributed by atoms with van der Waals surface area (Å²) in [5.74, 6) is 0. The summed E-state index contributed by atoms with van der Waals surface area (Å²) in [6, 6.07) is 0. The van der Waals surface area contributed by atoms with Gasteiger partial charge in [0.25, 0.3) is 0 Å². The van der Waals surface area contributed by atoms with E-state index in [1.807, 2.05) is 6.92 Å². The first-order valence-electron chi connectivity index (χ1n) is 5.34. The van der Waals surface area contributed by atoms with E-state index >= 15 is 0 Å². The number of aldehydes is 1. The Morgan fingerprint density at radius 3 is 3.00 bits per heavy atom. The van der Waals surface area contributed by atoms with E-state index in [-0.39, 0.29) is 5.69 Å². The molecule has 0 fully saturated rings. The normalized spacial score (nSPS) is 25.0. The number of fused-ring (bicyclic) bond motifs is 1.